The summed E-state index contributed by atoms with van der Waals surface area (Å²) in [6.45, 7) is 7.98. The molecule has 29 heavy (non-hydrogen) atoms. The number of pyridine rings is 1. The molecule has 8 heteroatoms. The van der Waals surface area contributed by atoms with Gasteiger partial charge in [-0.1, -0.05) is 11.6 Å². The Morgan fingerprint density at radius 1 is 1.00 bits per heavy atom. The molecule has 4 rings (SSSR count). The van der Waals surface area contributed by atoms with E-state index in [1.165, 1.54) is 11.8 Å². The SMILES string of the molecule is Cc1cc(C)c2nc(-n3ncc(C#N)c3Nc3cc(C)nc(Cl)n3)cc(C)c2c1. The molecule has 0 unspecified atom stereocenters. The van der Waals surface area contributed by atoms with E-state index in [9.17, 15) is 5.26 Å². The van der Waals surface area contributed by atoms with Crippen molar-refractivity contribution in [3.63, 3.8) is 0 Å². The fourth-order valence-electron chi connectivity index (χ4n) is 3.38. The molecule has 0 radical (unpaired) electrons. The van der Waals surface area contributed by atoms with Gasteiger partial charge in [0.05, 0.1) is 11.7 Å². The first kappa shape index (κ1) is 18.8. The first-order valence-corrected chi connectivity index (χ1v) is 9.39. The third-order valence-electron chi connectivity index (χ3n) is 4.62. The van der Waals surface area contributed by atoms with Crippen molar-refractivity contribution < 1.29 is 0 Å². The number of halogens is 1. The number of hydrogen-bond acceptors (Lipinski definition) is 6. The van der Waals surface area contributed by atoms with Crippen LogP contribution in [0.2, 0.25) is 5.28 Å². The summed E-state index contributed by atoms with van der Waals surface area (Å²) in [6.07, 6.45) is 1.50. The molecule has 4 aromatic rings. The van der Waals surface area contributed by atoms with E-state index in [2.05, 4.69) is 45.5 Å². The van der Waals surface area contributed by atoms with Crippen molar-refractivity contribution in [2.75, 3.05) is 5.32 Å². The summed E-state index contributed by atoms with van der Waals surface area (Å²) in [4.78, 5) is 13.1. The maximum Gasteiger partial charge on any atom is 0.224 e. The fraction of sp³-hybridized carbons (Fsp3) is 0.190. The first-order chi connectivity index (χ1) is 13.9. The largest absolute Gasteiger partial charge is 0.324 e. The van der Waals surface area contributed by atoms with Crippen LogP contribution >= 0.6 is 11.6 Å². The van der Waals surface area contributed by atoms with Crippen LogP contribution in [0.5, 0.6) is 0 Å². The lowest BCUT2D eigenvalue weighted by atomic mass is 10.0. The van der Waals surface area contributed by atoms with E-state index in [-0.39, 0.29) is 5.28 Å². The lowest BCUT2D eigenvalue weighted by Crippen LogP contribution is -2.07. The molecule has 1 N–H and O–H groups in total. The number of aryl methyl sites for hydroxylation is 4. The van der Waals surface area contributed by atoms with Crippen LogP contribution in [0.15, 0.2) is 30.5 Å². The molecule has 0 fully saturated rings. The minimum atomic E-state index is 0.128. The molecule has 7 nitrogen and oxygen atoms in total. The van der Waals surface area contributed by atoms with Gasteiger partial charge in [0.15, 0.2) is 11.6 Å². The van der Waals surface area contributed by atoms with Crippen molar-refractivity contribution in [2.24, 2.45) is 0 Å². The summed E-state index contributed by atoms with van der Waals surface area (Å²) in [5.74, 6) is 1.56. The zero-order valence-corrected chi connectivity index (χ0v) is 17.2. The van der Waals surface area contributed by atoms with Crippen LogP contribution in [0.1, 0.15) is 27.9 Å². The Balaban J connectivity index is 1.88. The van der Waals surface area contributed by atoms with E-state index in [4.69, 9.17) is 16.6 Å². The molecule has 0 saturated heterocycles. The van der Waals surface area contributed by atoms with Crippen molar-refractivity contribution in [2.45, 2.75) is 27.7 Å². The second-order valence-electron chi connectivity index (χ2n) is 6.99. The molecule has 0 bridgehead atoms. The van der Waals surface area contributed by atoms with E-state index in [0.717, 1.165) is 22.0 Å². The van der Waals surface area contributed by atoms with Gasteiger partial charge in [-0.15, -0.1) is 0 Å². The van der Waals surface area contributed by atoms with Gasteiger partial charge in [-0.3, -0.25) is 0 Å². The van der Waals surface area contributed by atoms with Gasteiger partial charge < -0.3 is 5.32 Å². The number of benzene rings is 1. The third-order valence-corrected chi connectivity index (χ3v) is 4.79. The third kappa shape index (κ3) is 3.50. The van der Waals surface area contributed by atoms with Gasteiger partial charge in [0.1, 0.15) is 17.5 Å². The Hall–Kier alpha value is -3.50. The Labute approximate surface area is 173 Å². The lowest BCUT2D eigenvalue weighted by Gasteiger charge is -2.13. The molecule has 0 atom stereocenters. The van der Waals surface area contributed by atoms with Gasteiger partial charge in [-0.25, -0.2) is 15.0 Å². The molecular formula is C21H18ClN7. The summed E-state index contributed by atoms with van der Waals surface area (Å²) in [5.41, 5.74) is 5.35. The fourth-order valence-corrected chi connectivity index (χ4v) is 3.60. The van der Waals surface area contributed by atoms with E-state index < -0.39 is 0 Å². The highest BCUT2D eigenvalue weighted by Gasteiger charge is 2.16. The van der Waals surface area contributed by atoms with Crippen LogP contribution in [0.3, 0.4) is 0 Å². The molecule has 3 aromatic heterocycles. The highest BCUT2D eigenvalue weighted by Crippen LogP contribution is 2.27. The van der Waals surface area contributed by atoms with Crippen LogP contribution in [-0.2, 0) is 0 Å². The minimum absolute atomic E-state index is 0.128. The predicted molar refractivity (Wildman–Crippen MR) is 113 cm³/mol. The lowest BCUT2D eigenvalue weighted by molar-refractivity contribution is 0.857. The monoisotopic (exact) mass is 403 g/mol. The zero-order valence-electron chi connectivity index (χ0n) is 16.4. The number of nitrogens with zero attached hydrogens (tertiary/aromatic N) is 6. The molecule has 0 aliphatic carbocycles. The van der Waals surface area contributed by atoms with Gasteiger partial charge in [0.2, 0.25) is 5.28 Å². The minimum Gasteiger partial charge on any atom is -0.324 e. The summed E-state index contributed by atoms with van der Waals surface area (Å²) in [6, 6.07) is 10.1. The highest BCUT2D eigenvalue weighted by molar-refractivity contribution is 6.28. The van der Waals surface area contributed by atoms with Crippen molar-refractivity contribution in [3.8, 4) is 11.9 Å². The normalized spacial score (nSPS) is 10.9. The van der Waals surface area contributed by atoms with Crippen molar-refractivity contribution in [1.29, 1.82) is 5.26 Å². The smallest absolute Gasteiger partial charge is 0.224 e. The molecule has 0 aliphatic rings. The van der Waals surface area contributed by atoms with Crippen molar-refractivity contribution >= 4 is 34.1 Å². The van der Waals surface area contributed by atoms with Gasteiger partial charge in [0.25, 0.3) is 0 Å². The van der Waals surface area contributed by atoms with E-state index >= 15 is 0 Å². The first-order valence-electron chi connectivity index (χ1n) is 9.01. The van der Waals surface area contributed by atoms with Gasteiger partial charge in [-0.2, -0.15) is 15.0 Å². The quantitative estimate of drug-likeness (QED) is 0.498. The van der Waals surface area contributed by atoms with Crippen LogP contribution in [0.25, 0.3) is 16.7 Å². The van der Waals surface area contributed by atoms with Gasteiger partial charge in [-0.05, 0) is 62.6 Å². The number of nitrogens with one attached hydrogen (secondary N) is 1. The highest BCUT2D eigenvalue weighted by atomic mass is 35.5. The van der Waals surface area contributed by atoms with E-state index in [0.29, 0.717) is 28.7 Å². The van der Waals surface area contributed by atoms with Crippen molar-refractivity contribution in [1.82, 2.24) is 24.7 Å². The molecule has 1 aromatic carbocycles. The molecular weight excluding hydrogens is 386 g/mol. The maximum absolute atomic E-state index is 9.54. The summed E-state index contributed by atoms with van der Waals surface area (Å²) in [5, 5.41) is 18.3. The maximum atomic E-state index is 9.54. The average Bonchev–Trinajstić information content (AvgIpc) is 3.04. The van der Waals surface area contributed by atoms with Gasteiger partial charge in [0, 0.05) is 17.1 Å². The molecule has 144 valence electrons. The van der Waals surface area contributed by atoms with Crippen LogP contribution in [0, 0.1) is 39.0 Å². The summed E-state index contributed by atoms with van der Waals surface area (Å²) >= 11 is 5.98. The number of anilines is 2. The number of aromatic nitrogens is 5. The van der Waals surface area contributed by atoms with Crippen molar-refractivity contribution in [3.05, 3.63) is 63.7 Å². The van der Waals surface area contributed by atoms with E-state index in [1.807, 2.05) is 26.8 Å². The van der Waals surface area contributed by atoms with E-state index in [1.54, 1.807) is 10.7 Å². The molecule has 0 amide bonds. The summed E-state index contributed by atoms with van der Waals surface area (Å²) < 4.78 is 1.61. The summed E-state index contributed by atoms with van der Waals surface area (Å²) in [7, 11) is 0. The number of nitriles is 1. The topological polar surface area (TPSA) is 92.3 Å². The van der Waals surface area contributed by atoms with Crippen LogP contribution in [-0.4, -0.2) is 24.7 Å². The standard InChI is InChI=1S/C21H18ClN7/c1-11-5-13(3)19-16(6-11)12(2)7-18(28-19)29-20(15(9-23)10-24-29)26-17-8-14(4)25-21(22)27-17/h5-8,10H,1-4H3,(H,25,26,27). The molecule has 3 heterocycles. The Bertz CT molecular complexity index is 1280. The molecule has 0 saturated carbocycles. The number of hydrogen-bond donors (Lipinski definition) is 1. The average molecular weight is 404 g/mol. The zero-order chi connectivity index (χ0) is 20.7. The molecule has 0 spiro atoms. The number of fused-ring (bicyclic) bond motifs is 1. The predicted octanol–water partition coefficient (Wildman–Crippen LogP) is 4.71. The Morgan fingerprint density at radius 2 is 1.79 bits per heavy atom. The second-order valence-corrected chi connectivity index (χ2v) is 7.33. The van der Waals surface area contributed by atoms with Crippen LogP contribution < -0.4 is 5.32 Å². The van der Waals surface area contributed by atoms with Gasteiger partial charge >= 0.3 is 0 Å². The Morgan fingerprint density at radius 3 is 2.52 bits per heavy atom. The molecule has 0 aliphatic heterocycles. The van der Waals surface area contributed by atoms with Crippen LogP contribution in [0.4, 0.5) is 11.6 Å². The second kappa shape index (κ2) is 7.15. The Kier molecular flexibility index (Phi) is 4.65. The number of rotatable bonds is 3.